The largest absolute Gasteiger partial charge is 0.478 e. The van der Waals surface area contributed by atoms with Gasteiger partial charge in [-0.15, -0.1) is 11.3 Å². The Morgan fingerprint density at radius 2 is 2.19 bits per heavy atom. The van der Waals surface area contributed by atoms with Crippen molar-refractivity contribution in [2.75, 3.05) is 12.3 Å². The van der Waals surface area contributed by atoms with Crippen molar-refractivity contribution >= 4 is 57.2 Å². The fraction of sp³-hybridized carbons (Fsp3) is 0.182. The minimum Gasteiger partial charge on any atom is -0.478 e. The molecule has 0 fully saturated rings. The summed E-state index contributed by atoms with van der Waals surface area (Å²) in [5.74, 6) is -0.453. The number of nitrogens with zero attached hydrogens (tertiary/aromatic N) is 1. The first-order valence-electron chi connectivity index (χ1n) is 9.64. The Bertz CT molecular complexity index is 1320. The molecule has 32 heavy (non-hydrogen) atoms. The smallest absolute Gasteiger partial charge is 0.261 e. The lowest BCUT2D eigenvalue weighted by molar-refractivity contribution is 0.0960. The number of benzene rings is 1. The lowest BCUT2D eigenvalue weighted by Gasteiger charge is -2.18. The van der Waals surface area contributed by atoms with E-state index in [1.807, 2.05) is 12.3 Å². The molecule has 1 aromatic carbocycles. The fourth-order valence-corrected chi connectivity index (χ4v) is 4.81. The van der Waals surface area contributed by atoms with Crippen LogP contribution in [0.2, 0.25) is 10.0 Å². The highest BCUT2D eigenvalue weighted by Gasteiger charge is 2.23. The van der Waals surface area contributed by atoms with Gasteiger partial charge < -0.3 is 20.2 Å². The molecule has 1 atom stereocenters. The van der Waals surface area contributed by atoms with Gasteiger partial charge in [-0.1, -0.05) is 23.2 Å². The van der Waals surface area contributed by atoms with Crippen molar-refractivity contribution in [3.8, 4) is 16.9 Å². The molecule has 4 aromatic rings. The van der Waals surface area contributed by atoms with Crippen LogP contribution in [0.5, 0.6) is 5.75 Å². The highest BCUT2D eigenvalue weighted by molar-refractivity contribution is 7.12. The summed E-state index contributed by atoms with van der Waals surface area (Å²) in [5, 5.41) is 5.43. The Kier molecular flexibility index (Phi) is 6.28. The van der Waals surface area contributed by atoms with E-state index < -0.39 is 11.9 Å². The third kappa shape index (κ3) is 4.01. The van der Waals surface area contributed by atoms with Gasteiger partial charge in [0.15, 0.2) is 11.4 Å². The van der Waals surface area contributed by atoms with Gasteiger partial charge in [-0.2, -0.15) is 0 Å². The predicted molar refractivity (Wildman–Crippen MR) is 125 cm³/mol. The summed E-state index contributed by atoms with van der Waals surface area (Å²) >= 11 is 13.7. The number of thiophene rings is 1. The first-order chi connectivity index (χ1) is 15.3. The Morgan fingerprint density at radius 3 is 2.94 bits per heavy atom. The van der Waals surface area contributed by atoms with E-state index in [1.165, 1.54) is 23.5 Å². The van der Waals surface area contributed by atoms with E-state index in [1.54, 1.807) is 25.5 Å². The molecule has 0 unspecified atom stereocenters. The van der Waals surface area contributed by atoms with Crippen molar-refractivity contribution in [1.82, 2.24) is 10.3 Å². The molecule has 0 spiro atoms. The summed E-state index contributed by atoms with van der Waals surface area (Å²) in [7, 11) is 0. The van der Waals surface area contributed by atoms with Crippen molar-refractivity contribution in [1.29, 1.82) is 0 Å². The molecule has 3 N–H and O–H groups in total. The maximum absolute atomic E-state index is 14.0. The zero-order chi connectivity index (χ0) is 23.0. The Labute approximate surface area is 197 Å². The van der Waals surface area contributed by atoms with E-state index in [0.29, 0.717) is 28.0 Å². The summed E-state index contributed by atoms with van der Waals surface area (Å²) in [6.07, 6.45) is 2.39. The molecule has 6 nitrogen and oxygen atoms in total. The number of hydrogen-bond acceptors (Lipinski definition) is 6. The van der Waals surface area contributed by atoms with Crippen LogP contribution in [0.4, 0.5) is 10.2 Å². The number of halogens is 3. The molecule has 0 aliphatic heterocycles. The number of pyridine rings is 1. The third-order valence-electron chi connectivity index (χ3n) is 4.85. The number of amides is 1. The number of fused-ring (bicyclic) bond motifs is 1. The first kappa shape index (κ1) is 22.4. The molecule has 0 aliphatic rings. The van der Waals surface area contributed by atoms with Gasteiger partial charge in [0.1, 0.15) is 11.9 Å². The van der Waals surface area contributed by atoms with Crippen LogP contribution in [0.1, 0.15) is 35.2 Å². The molecule has 0 bridgehead atoms. The van der Waals surface area contributed by atoms with E-state index in [0.717, 1.165) is 11.1 Å². The number of ether oxygens (including phenoxy) is 1. The number of carbonyl (C=O) groups is 1. The number of anilines is 1. The van der Waals surface area contributed by atoms with E-state index in [-0.39, 0.29) is 27.5 Å². The maximum Gasteiger partial charge on any atom is 0.261 e. The zero-order valence-corrected chi connectivity index (χ0v) is 19.4. The molecule has 166 valence electrons. The van der Waals surface area contributed by atoms with Gasteiger partial charge in [0.05, 0.1) is 21.5 Å². The van der Waals surface area contributed by atoms with Crippen molar-refractivity contribution in [3.05, 3.63) is 62.3 Å². The van der Waals surface area contributed by atoms with Crippen LogP contribution in [0.3, 0.4) is 0 Å². The topological polar surface area (TPSA) is 90.4 Å². The number of nitrogens with two attached hydrogens (primary N) is 1. The van der Waals surface area contributed by atoms with Gasteiger partial charge in [-0.05, 0) is 43.0 Å². The molecule has 4 rings (SSSR count). The normalized spacial score (nSPS) is 12.2. The van der Waals surface area contributed by atoms with Crippen LogP contribution in [0.15, 0.2) is 40.5 Å². The van der Waals surface area contributed by atoms with Gasteiger partial charge in [-0.3, -0.25) is 4.79 Å². The van der Waals surface area contributed by atoms with E-state index >= 15 is 0 Å². The van der Waals surface area contributed by atoms with Crippen LogP contribution >= 0.6 is 34.5 Å². The van der Waals surface area contributed by atoms with Gasteiger partial charge in [0.2, 0.25) is 5.75 Å². The van der Waals surface area contributed by atoms with Crippen LogP contribution in [-0.4, -0.2) is 17.4 Å². The zero-order valence-electron chi connectivity index (χ0n) is 17.0. The van der Waals surface area contributed by atoms with Gasteiger partial charge in [-0.25, -0.2) is 9.37 Å². The molecule has 3 aromatic heterocycles. The van der Waals surface area contributed by atoms with Crippen molar-refractivity contribution in [2.24, 2.45) is 0 Å². The second-order valence-electron chi connectivity index (χ2n) is 6.94. The monoisotopic (exact) mass is 493 g/mol. The van der Waals surface area contributed by atoms with E-state index in [4.69, 9.17) is 38.1 Å². The lowest BCUT2D eigenvalue weighted by Crippen LogP contribution is -2.21. The van der Waals surface area contributed by atoms with Crippen LogP contribution < -0.4 is 15.8 Å². The molecule has 0 aliphatic carbocycles. The summed E-state index contributed by atoms with van der Waals surface area (Å²) in [6.45, 7) is 4.08. The lowest BCUT2D eigenvalue weighted by atomic mass is 10.1. The van der Waals surface area contributed by atoms with Gasteiger partial charge in [0.25, 0.3) is 5.91 Å². The molecular formula is C22H18Cl2FN3O3S. The third-order valence-corrected chi connectivity index (χ3v) is 6.50. The number of aromatic nitrogens is 1. The Hall–Kier alpha value is -2.81. The van der Waals surface area contributed by atoms with Crippen molar-refractivity contribution < 1.29 is 18.3 Å². The number of carbonyl (C=O) groups excluding carboxylic acids is 1. The van der Waals surface area contributed by atoms with Gasteiger partial charge >= 0.3 is 0 Å². The predicted octanol–water partition coefficient (Wildman–Crippen LogP) is 6.47. The van der Waals surface area contributed by atoms with Crippen molar-refractivity contribution in [3.63, 3.8) is 0 Å². The van der Waals surface area contributed by atoms with E-state index in [9.17, 15) is 9.18 Å². The molecule has 0 saturated heterocycles. The minimum absolute atomic E-state index is 0.0993. The molecular weight excluding hydrogens is 476 g/mol. The summed E-state index contributed by atoms with van der Waals surface area (Å²) in [4.78, 5) is 16.9. The number of hydrogen-bond donors (Lipinski definition) is 2. The molecule has 0 radical (unpaired) electrons. The second-order valence-corrected chi connectivity index (χ2v) is 8.64. The average molecular weight is 494 g/mol. The van der Waals surface area contributed by atoms with Crippen molar-refractivity contribution in [2.45, 2.75) is 20.0 Å². The fourth-order valence-electron chi connectivity index (χ4n) is 3.31. The standard InChI is InChI=1S/C22H18Cl2FN3O3S/c1-3-27-22(29)16-6-11(9-32-16)13-8-30-19-12(13)7-28-21(26)20(19)31-10(2)17-14(23)4-5-15(25)18(17)24/h4-10H,3H2,1-2H3,(H2,26,28)(H,27,29)/t10-/m1/s1. The number of nitrogen functional groups attached to an aromatic ring is 1. The van der Waals surface area contributed by atoms with E-state index in [2.05, 4.69) is 10.3 Å². The second kappa shape index (κ2) is 8.97. The van der Waals surface area contributed by atoms with Crippen LogP contribution in [-0.2, 0) is 0 Å². The van der Waals surface area contributed by atoms with Gasteiger partial charge in [0, 0.05) is 28.9 Å². The highest BCUT2D eigenvalue weighted by Crippen LogP contribution is 2.42. The number of nitrogens with one attached hydrogen (secondary N) is 1. The van der Waals surface area contributed by atoms with Crippen LogP contribution in [0, 0.1) is 5.82 Å². The molecule has 10 heteroatoms. The maximum atomic E-state index is 14.0. The Morgan fingerprint density at radius 1 is 1.41 bits per heavy atom. The summed E-state index contributed by atoms with van der Waals surface area (Å²) < 4.78 is 25.7. The number of rotatable bonds is 6. The molecule has 3 heterocycles. The number of furan rings is 1. The molecule has 0 saturated carbocycles. The van der Waals surface area contributed by atoms with Crippen LogP contribution in [0.25, 0.3) is 22.1 Å². The summed E-state index contributed by atoms with van der Waals surface area (Å²) in [5.41, 5.74) is 8.26. The highest BCUT2D eigenvalue weighted by atomic mass is 35.5. The summed E-state index contributed by atoms with van der Waals surface area (Å²) in [6, 6.07) is 4.38. The minimum atomic E-state index is -0.737. The quantitative estimate of drug-likeness (QED) is 0.300. The average Bonchev–Trinajstić information content (AvgIpc) is 3.40. The Balaban J connectivity index is 1.72. The SMILES string of the molecule is CCNC(=O)c1cc(-c2coc3c(O[C@H](C)c4c(Cl)ccc(F)c4Cl)c(N)ncc23)cs1. The first-order valence-corrected chi connectivity index (χ1v) is 11.3. The molecule has 1 amide bonds.